The number of nitrogens with zero attached hydrogens (tertiary/aromatic N) is 3. The zero-order chi connectivity index (χ0) is 9.68. The molecule has 1 heterocycles. The second kappa shape index (κ2) is 4.88. The largest absolute Gasteiger partial charge is 0.329 e. The minimum absolute atomic E-state index is 0.0612. The molecule has 0 radical (unpaired) electrons. The molecule has 0 bridgehead atoms. The minimum Gasteiger partial charge on any atom is -0.329 e. The number of amidine groups is 1. The predicted octanol–water partition coefficient (Wildman–Crippen LogP) is 1.68. The first-order valence-corrected chi connectivity index (χ1v) is 4.62. The molecule has 0 aromatic carbocycles. The van der Waals surface area contributed by atoms with Crippen molar-refractivity contribution in [1.29, 1.82) is 0 Å². The summed E-state index contributed by atoms with van der Waals surface area (Å²) < 4.78 is 0. The van der Waals surface area contributed by atoms with Gasteiger partial charge in [0, 0.05) is 0 Å². The van der Waals surface area contributed by atoms with Crippen molar-refractivity contribution in [2.75, 3.05) is 6.54 Å². The third kappa shape index (κ3) is 2.74. The van der Waals surface area contributed by atoms with Crippen LogP contribution in [-0.2, 0) is 0 Å². The van der Waals surface area contributed by atoms with Gasteiger partial charge in [-0.1, -0.05) is 19.3 Å². The lowest BCUT2D eigenvalue weighted by molar-refractivity contribution is 0.336. The molecule has 0 fully saturated rings. The van der Waals surface area contributed by atoms with Gasteiger partial charge in [-0.05, 0) is 18.0 Å². The number of rotatable bonds is 3. The fourth-order valence-corrected chi connectivity index (χ4v) is 1.33. The Morgan fingerprint density at radius 2 is 2.54 bits per heavy atom. The summed E-state index contributed by atoms with van der Waals surface area (Å²) in [6.07, 6.45) is 8.94. The van der Waals surface area contributed by atoms with E-state index in [9.17, 15) is 0 Å². The second-order valence-corrected chi connectivity index (χ2v) is 3.13. The lowest BCUT2D eigenvalue weighted by Crippen LogP contribution is -2.36. The highest BCUT2D eigenvalue weighted by Gasteiger charge is 2.16. The number of hydrogen-bond donors (Lipinski definition) is 0. The topological polar surface area (TPSA) is 28.0 Å². The SMILES string of the molecule is C#CCN1C=NC(Cl)=NC1CCC. The van der Waals surface area contributed by atoms with E-state index in [0.717, 1.165) is 12.8 Å². The number of hydrogen-bond acceptors (Lipinski definition) is 3. The van der Waals surface area contributed by atoms with Gasteiger partial charge in [-0.3, -0.25) is 0 Å². The van der Waals surface area contributed by atoms with Crippen molar-refractivity contribution in [3.63, 3.8) is 0 Å². The van der Waals surface area contributed by atoms with Crippen molar-refractivity contribution in [1.82, 2.24) is 4.90 Å². The maximum Gasteiger partial charge on any atom is 0.221 e. The van der Waals surface area contributed by atoms with Crippen LogP contribution in [0.1, 0.15) is 19.8 Å². The average Bonchev–Trinajstić information content (AvgIpc) is 2.10. The van der Waals surface area contributed by atoms with E-state index in [1.54, 1.807) is 6.34 Å². The summed E-state index contributed by atoms with van der Waals surface area (Å²) in [7, 11) is 0. The summed E-state index contributed by atoms with van der Waals surface area (Å²) in [5.41, 5.74) is 0. The first-order valence-electron chi connectivity index (χ1n) is 4.24. The summed E-state index contributed by atoms with van der Waals surface area (Å²) in [5, 5.41) is 0.312. The van der Waals surface area contributed by atoms with Crippen molar-refractivity contribution >= 4 is 23.2 Å². The average molecular weight is 198 g/mol. The Balaban J connectivity index is 2.64. The summed E-state index contributed by atoms with van der Waals surface area (Å²) in [6, 6.07) is 0. The quantitative estimate of drug-likeness (QED) is 0.500. The molecule has 0 aromatic heterocycles. The maximum atomic E-state index is 5.69. The van der Waals surface area contributed by atoms with E-state index >= 15 is 0 Å². The van der Waals surface area contributed by atoms with Crippen molar-refractivity contribution in [3.05, 3.63) is 0 Å². The molecule has 0 N–H and O–H groups in total. The number of aliphatic imine (C=N–C) groups is 2. The third-order valence-corrected chi connectivity index (χ3v) is 1.97. The monoisotopic (exact) mass is 197 g/mol. The molecule has 0 aliphatic carbocycles. The molecule has 13 heavy (non-hydrogen) atoms. The maximum absolute atomic E-state index is 5.69. The van der Waals surface area contributed by atoms with Gasteiger partial charge in [0.2, 0.25) is 5.29 Å². The van der Waals surface area contributed by atoms with Crippen LogP contribution >= 0.6 is 11.6 Å². The van der Waals surface area contributed by atoms with Gasteiger partial charge in [0.1, 0.15) is 6.17 Å². The normalized spacial score (nSPS) is 21.2. The lowest BCUT2D eigenvalue weighted by Gasteiger charge is -2.26. The Morgan fingerprint density at radius 1 is 1.77 bits per heavy atom. The van der Waals surface area contributed by atoms with Gasteiger partial charge in [-0.15, -0.1) is 6.42 Å². The number of terminal acetylenes is 1. The molecule has 1 aliphatic rings. The van der Waals surface area contributed by atoms with Crippen LogP contribution in [0.25, 0.3) is 0 Å². The van der Waals surface area contributed by atoms with E-state index in [2.05, 4.69) is 22.8 Å². The van der Waals surface area contributed by atoms with E-state index in [1.165, 1.54) is 0 Å². The molecule has 1 aliphatic heterocycles. The fraction of sp³-hybridized carbons (Fsp3) is 0.556. The molecule has 1 unspecified atom stereocenters. The molecule has 70 valence electrons. The van der Waals surface area contributed by atoms with Crippen LogP contribution < -0.4 is 0 Å². The van der Waals surface area contributed by atoms with Crippen LogP contribution in [0.3, 0.4) is 0 Å². The van der Waals surface area contributed by atoms with Crippen LogP contribution in [-0.4, -0.2) is 29.2 Å². The molecule has 0 amide bonds. The van der Waals surface area contributed by atoms with Crippen LogP contribution in [0, 0.1) is 12.3 Å². The predicted molar refractivity (Wildman–Crippen MR) is 56.0 cm³/mol. The fourth-order valence-electron chi connectivity index (χ4n) is 1.17. The molecular formula is C9H12ClN3. The summed E-state index contributed by atoms with van der Waals surface area (Å²) in [4.78, 5) is 9.98. The van der Waals surface area contributed by atoms with E-state index in [-0.39, 0.29) is 6.17 Å². The van der Waals surface area contributed by atoms with Crippen molar-refractivity contribution in [2.24, 2.45) is 9.98 Å². The Morgan fingerprint density at radius 3 is 3.15 bits per heavy atom. The molecule has 3 nitrogen and oxygen atoms in total. The summed E-state index contributed by atoms with van der Waals surface area (Å²) in [6.45, 7) is 2.63. The van der Waals surface area contributed by atoms with Gasteiger partial charge in [0.25, 0.3) is 0 Å². The smallest absolute Gasteiger partial charge is 0.221 e. The summed E-state index contributed by atoms with van der Waals surface area (Å²) in [5.74, 6) is 2.56. The van der Waals surface area contributed by atoms with Crippen LogP contribution in [0.5, 0.6) is 0 Å². The molecule has 0 spiro atoms. The van der Waals surface area contributed by atoms with E-state index in [0.29, 0.717) is 11.8 Å². The Kier molecular flexibility index (Phi) is 3.78. The second-order valence-electron chi connectivity index (χ2n) is 2.79. The van der Waals surface area contributed by atoms with E-state index < -0.39 is 0 Å². The third-order valence-electron chi connectivity index (χ3n) is 1.77. The first kappa shape index (κ1) is 10.1. The molecule has 1 atom stereocenters. The number of halogens is 1. The highest BCUT2D eigenvalue weighted by Crippen LogP contribution is 2.12. The Hall–Kier alpha value is -1.01. The van der Waals surface area contributed by atoms with Crippen molar-refractivity contribution in [3.8, 4) is 12.3 Å². The lowest BCUT2D eigenvalue weighted by atomic mass is 10.2. The zero-order valence-electron chi connectivity index (χ0n) is 7.57. The van der Waals surface area contributed by atoms with E-state index in [1.807, 2.05) is 4.90 Å². The molecule has 1 rings (SSSR count). The zero-order valence-corrected chi connectivity index (χ0v) is 8.33. The van der Waals surface area contributed by atoms with Gasteiger partial charge >= 0.3 is 0 Å². The molecule has 0 saturated heterocycles. The standard InChI is InChI=1S/C9H12ClN3/c1-3-5-8-12-9(10)11-7-13(8)6-4-2/h2,7-8H,3,5-6H2,1H3. The Labute approximate surface area is 83.5 Å². The van der Waals surface area contributed by atoms with E-state index in [4.69, 9.17) is 18.0 Å². The van der Waals surface area contributed by atoms with Gasteiger partial charge in [0.05, 0.1) is 12.9 Å². The molecule has 0 saturated carbocycles. The van der Waals surface area contributed by atoms with Gasteiger partial charge in [-0.25, -0.2) is 9.98 Å². The molecule has 0 aromatic rings. The minimum atomic E-state index is 0.0612. The highest BCUT2D eigenvalue weighted by atomic mass is 35.5. The van der Waals surface area contributed by atoms with Crippen LogP contribution in [0.15, 0.2) is 9.98 Å². The van der Waals surface area contributed by atoms with Gasteiger partial charge < -0.3 is 4.90 Å². The van der Waals surface area contributed by atoms with Crippen LogP contribution in [0.4, 0.5) is 0 Å². The van der Waals surface area contributed by atoms with Crippen molar-refractivity contribution in [2.45, 2.75) is 25.9 Å². The molecule has 4 heteroatoms. The van der Waals surface area contributed by atoms with Crippen molar-refractivity contribution < 1.29 is 0 Å². The highest BCUT2D eigenvalue weighted by molar-refractivity contribution is 6.65. The first-order chi connectivity index (χ1) is 6.27. The molecular weight excluding hydrogens is 186 g/mol. The van der Waals surface area contributed by atoms with Gasteiger partial charge in [0.15, 0.2) is 0 Å². The van der Waals surface area contributed by atoms with Crippen LogP contribution in [0.2, 0.25) is 0 Å². The van der Waals surface area contributed by atoms with Gasteiger partial charge in [-0.2, -0.15) is 0 Å². The summed E-state index contributed by atoms with van der Waals surface area (Å²) >= 11 is 5.69. The Bertz CT molecular complexity index is 265.